The van der Waals surface area contributed by atoms with Crippen molar-refractivity contribution in [1.29, 1.82) is 0 Å². The van der Waals surface area contributed by atoms with Crippen LogP contribution in [-0.2, 0) is 11.2 Å². The molecule has 0 bridgehead atoms. The molecule has 0 radical (unpaired) electrons. The molecule has 1 unspecified atom stereocenters. The number of ether oxygens (including phenoxy) is 1. The second-order valence-corrected chi connectivity index (χ2v) is 7.32. The summed E-state index contributed by atoms with van der Waals surface area (Å²) in [6, 6.07) is 2.86. The summed E-state index contributed by atoms with van der Waals surface area (Å²) in [6.07, 6.45) is 7.69. The van der Waals surface area contributed by atoms with Gasteiger partial charge < -0.3 is 9.64 Å². The third-order valence-corrected chi connectivity index (χ3v) is 5.95. The second-order valence-electron chi connectivity index (χ2n) is 7.32. The Hall–Kier alpha value is -1.69. The molecule has 0 aromatic carbocycles. The number of hydrogen-bond donors (Lipinski definition) is 0. The van der Waals surface area contributed by atoms with Gasteiger partial charge >= 0.3 is 0 Å². The fraction of sp³-hybridized carbons (Fsp3) is 0.706. The summed E-state index contributed by atoms with van der Waals surface area (Å²) in [6.45, 7) is 5.12. The van der Waals surface area contributed by atoms with E-state index in [9.17, 15) is 0 Å². The zero-order valence-electron chi connectivity index (χ0n) is 13.6. The summed E-state index contributed by atoms with van der Waals surface area (Å²) in [4.78, 5) is 11.5. The van der Waals surface area contributed by atoms with Gasteiger partial charge in [0.1, 0.15) is 12.1 Å². The molecule has 122 valence electrons. The third-order valence-electron chi connectivity index (χ3n) is 5.95. The molecule has 1 aliphatic carbocycles. The van der Waals surface area contributed by atoms with Gasteiger partial charge in [0.05, 0.1) is 0 Å². The normalized spacial score (nSPS) is 26.7. The van der Waals surface area contributed by atoms with E-state index in [1.807, 2.05) is 4.52 Å². The molecule has 2 aromatic heterocycles. The van der Waals surface area contributed by atoms with Crippen molar-refractivity contribution in [2.75, 3.05) is 24.7 Å². The summed E-state index contributed by atoms with van der Waals surface area (Å²) in [7, 11) is 0. The Labute approximate surface area is 135 Å². The standard InChI is InChI=1S/C17H23N5O/c1-2-13-9-14(22-16(20-13)18-11-19-22)21-10-17(5-7-23-8-6-17)15(21)12-3-4-12/h9,11-12,15H,2-8,10H2,1H3. The molecule has 23 heavy (non-hydrogen) atoms. The average molecular weight is 313 g/mol. The molecule has 6 nitrogen and oxygen atoms in total. The molecule has 1 atom stereocenters. The topological polar surface area (TPSA) is 55.6 Å². The number of hydrogen-bond acceptors (Lipinski definition) is 5. The Kier molecular flexibility index (Phi) is 2.92. The minimum absolute atomic E-state index is 0.460. The number of rotatable bonds is 3. The van der Waals surface area contributed by atoms with Gasteiger partial charge in [0.2, 0.25) is 0 Å². The van der Waals surface area contributed by atoms with Gasteiger partial charge in [-0.25, -0.2) is 4.98 Å². The van der Waals surface area contributed by atoms with Crippen LogP contribution < -0.4 is 4.90 Å². The first-order valence-corrected chi connectivity index (χ1v) is 8.85. The highest BCUT2D eigenvalue weighted by Gasteiger charge is 2.58. The molecule has 2 saturated heterocycles. The third kappa shape index (κ3) is 2.00. The Bertz CT molecular complexity index is 732. The number of aryl methyl sites for hydroxylation is 1. The fourth-order valence-corrected chi connectivity index (χ4v) is 4.60. The molecule has 5 rings (SSSR count). The number of fused-ring (bicyclic) bond motifs is 1. The molecular formula is C17H23N5O. The van der Waals surface area contributed by atoms with Crippen molar-refractivity contribution in [1.82, 2.24) is 19.6 Å². The van der Waals surface area contributed by atoms with E-state index in [1.54, 1.807) is 6.33 Å². The predicted octanol–water partition coefficient (Wildman–Crippen LogP) is 2.08. The van der Waals surface area contributed by atoms with Crippen LogP contribution in [0.1, 0.15) is 38.3 Å². The first kappa shape index (κ1) is 13.7. The lowest BCUT2D eigenvalue weighted by molar-refractivity contribution is -0.0342. The Morgan fingerprint density at radius 1 is 1.30 bits per heavy atom. The number of aromatic nitrogens is 4. The van der Waals surface area contributed by atoms with Crippen LogP contribution in [0.3, 0.4) is 0 Å². The van der Waals surface area contributed by atoms with Gasteiger partial charge in [-0.3, -0.25) is 0 Å². The highest BCUT2D eigenvalue weighted by Crippen LogP contribution is 2.56. The molecule has 3 fully saturated rings. The maximum atomic E-state index is 5.63. The van der Waals surface area contributed by atoms with E-state index in [-0.39, 0.29) is 0 Å². The summed E-state index contributed by atoms with van der Waals surface area (Å²) in [5.41, 5.74) is 1.56. The zero-order chi connectivity index (χ0) is 15.4. The Morgan fingerprint density at radius 2 is 2.13 bits per heavy atom. The van der Waals surface area contributed by atoms with E-state index in [0.717, 1.165) is 43.6 Å². The van der Waals surface area contributed by atoms with Gasteiger partial charge in [-0.2, -0.15) is 14.6 Å². The molecule has 0 amide bonds. The van der Waals surface area contributed by atoms with Crippen molar-refractivity contribution in [3.05, 3.63) is 18.1 Å². The molecule has 2 aromatic rings. The highest BCUT2D eigenvalue weighted by molar-refractivity contribution is 5.52. The van der Waals surface area contributed by atoms with Crippen LogP contribution in [0.4, 0.5) is 5.82 Å². The Morgan fingerprint density at radius 3 is 2.87 bits per heavy atom. The van der Waals surface area contributed by atoms with E-state index in [1.165, 1.54) is 31.5 Å². The minimum atomic E-state index is 0.460. The van der Waals surface area contributed by atoms with Gasteiger partial charge in [-0.15, -0.1) is 0 Å². The molecule has 3 aliphatic rings. The molecule has 1 spiro atoms. The van der Waals surface area contributed by atoms with Crippen molar-refractivity contribution in [2.24, 2.45) is 11.3 Å². The highest BCUT2D eigenvalue weighted by atomic mass is 16.5. The van der Waals surface area contributed by atoms with E-state index in [2.05, 4.69) is 33.0 Å². The van der Waals surface area contributed by atoms with E-state index >= 15 is 0 Å². The second kappa shape index (κ2) is 4.90. The van der Waals surface area contributed by atoms with Crippen LogP contribution in [0.25, 0.3) is 5.78 Å². The zero-order valence-corrected chi connectivity index (χ0v) is 13.6. The first-order valence-electron chi connectivity index (χ1n) is 8.85. The number of nitrogens with zero attached hydrogens (tertiary/aromatic N) is 5. The Balaban J connectivity index is 1.55. The number of anilines is 1. The van der Waals surface area contributed by atoms with Crippen molar-refractivity contribution in [3.8, 4) is 0 Å². The summed E-state index contributed by atoms with van der Waals surface area (Å²) < 4.78 is 7.55. The van der Waals surface area contributed by atoms with Crippen LogP contribution in [0.2, 0.25) is 0 Å². The van der Waals surface area contributed by atoms with E-state index in [0.29, 0.717) is 11.5 Å². The van der Waals surface area contributed by atoms with Crippen molar-refractivity contribution in [3.63, 3.8) is 0 Å². The van der Waals surface area contributed by atoms with E-state index in [4.69, 9.17) is 4.74 Å². The van der Waals surface area contributed by atoms with Crippen LogP contribution in [0.5, 0.6) is 0 Å². The van der Waals surface area contributed by atoms with Gasteiger partial charge in [0.15, 0.2) is 0 Å². The summed E-state index contributed by atoms with van der Waals surface area (Å²) in [5.74, 6) is 2.75. The largest absolute Gasteiger partial charge is 0.381 e. The minimum Gasteiger partial charge on any atom is -0.381 e. The van der Waals surface area contributed by atoms with E-state index < -0.39 is 0 Å². The van der Waals surface area contributed by atoms with Crippen LogP contribution in [0, 0.1) is 11.3 Å². The predicted molar refractivity (Wildman–Crippen MR) is 86.5 cm³/mol. The molecular weight excluding hydrogens is 290 g/mol. The smallest absolute Gasteiger partial charge is 0.254 e. The van der Waals surface area contributed by atoms with Crippen molar-refractivity contribution in [2.45, 2.75) is 45.1 Å². The van der Waals surface area contributed by atoms with Gasteiger partial charge in [0, 0.05) is 43.0 Å². The molecule has 6 heteroatoms. The summed E-state index contributed by atoms with van der Waals surface area (Å²) in [5, 5.41) is 4.42. The molecule has 1 saturated carbocycles. The average Bonchev–Trinajstić information content (AvgIpc) is 3.26. The van der Waals surface area contributed by atoms with Gasteiger partial charge in [0.25, 0.3) is 5.78 Å². The van der Waals surface area contributed by atoms with Crippen molar-refractivity contribution >= 4 is 11.6 Å². The maximum absolute atomic E-state index is 5.63. The van der Waals surface area contributed by atoms with Crippen LogP contribution in [-0.4, -0.2) is 45.4 Å². The summed E-state index contributed by atoms with van der Waals surface area (Å²) >= 11 is 0. The first-order chi connectivity index (χ1) is 11.3. The molecule has 4 heterocycles. The van der Waals surface area contributed by atoms with Gasteiger partial charge in [-0.05, 0) is 38.0 Å². The fourth-order valence-electron chi connectivity index (χ4n) is 4.60. The molecule has 0 N–H and O–H groups in total. The van der Waals surface area contributed by atoms with Crippen LogP contribution in [0.15, 0.2) is 12.4 Å². The maximum Gasteiger partial charge on any atom is 0.254 e. The molecule has 2 aliphatic heterocycles. The van der Waals surface area contributed by atoms with Gasteiger partial charge in [-0.1, -0.05) is 6.92 Å². The van der Waals surface area contributed by atoms with Crippen molar-refractivity contribution < 1.29 is 4.74 Å². The lowest BCUT2D eigenvalue weighted by Crippen LogP contribution is -2.68. The monoisotopic (exact) mass is 313 g/mol. The SMILES string of the molecule is CCc1cc(N2CC3(CCOCC3)C2C2CC2)n2ncnc2n1. The van der Waals surface area contributed by atoms with Crippen LogP contribution >= 0.6 is 0 Å². The quantitative estimate of drug-likeness (QED) is 0.868. The lowest BCUT2D eigenvalue weighted by atomic mass is 9.64. The lowest BCUT2D eigenvalue weighted by Gasteiger charge is -2.60.